The molecule has 1 atom stereocenters. The number of aryl methyl sites for hydroxylation is 2. The average Bonchev–Trinajstić information content (AvgIpc) is 2.88. The molecule has 0 radical (unpaired) electrons. The molecule has 1 aromatic heterocycles. The Kier molecular flexibility index (Phi) is 5.56. The van der Waals surface area contributed by atoms with Crippen molar-refractivity contribution in [3.63, 3.8) is 0 Å². The summed E-state index contributed by atoms with van der Waals surface area (Å²) in [6, 6.07) is 12.0. The summed E-state index contributed by atoms with van der Waals surface area (Å²) in [5, 5.41) is 8.10. The van der Waals surface area contributed by atoms with Gasteiger partial charge < -0.3 is 5.32 Å². The van der Waals surface area contributed by atoms with Crippen LogP contribution in [-0.2, 0) is 13.0 Å². The number of nitrogens with one attached hydrogen (secondary N) is 1. The van der Waals surface area contributed by atoms with Crippen molar-refractivity contribution in [1.29, 1.82) is 0 Å². The van der Waals surface area contributed by atoms with Gasteiger partial charge in [0.1, 0.15) is 5.69 Å². The van der Waals surface area contributed by atoms with Gasteiger partial charge in [0.05, 0.1) is 5.69 Å². The van der Waals surface area contributed by atoms with E-state index in [2.05, 4.69) is 38.5 Å². The normalized spacial score (nSPS) is 12.1. The summed E-state index contributed by atoms with van der Waals surface area (Å²) < 4.78 is 1.73. The summed E-state index contributed by atoms with van der Waals surface area (Å²) in [7, 11) is 0. The summed E-state index contributed by atoms with van der Waals surface area (Å²) in [4.78, 5) is 12.4. The molecular weight excluding hydrogens is 330 g/mol. The van der Waals surface area contributed by atoms with Gasteiger partial charge in [-0.3, -0.25) is 9.48 Å². The molecule has 5 heteroatoms. The zero-order valence-corrected chi connectivity index (χ0v) is 13.9. The van der Waals surface area contributed by atoms with Crippen LogP contribution in [-0.4, -0.2) is 27.1 Å². The summed E-state index contributed by atoms with van der Waals surface area (Å²) >= 11 is 3.48. The Hall–Kier alpha value is -1.62. The highest BCUT2D eigenvalue weighted by atomic mass is 79.9. The van der Waals surface area contributed by atoms with Crippen LogP contribution in [0.5, 0.6) is 0 Å². The van der Waals surface area contributed by atoms with Crippen molar-refractivity contribution in [2.75, 3.05) is 5.33 Å². The molecule has 0 aliphatic carbocycles. The first-order valence-electron chi connectivity index (χ1n) is 7.09. The molecule has 0 bridgehead atoms. The molecule has 2 aromatic rings. The first-order valence-corrected chi connectivity index (χ1v) is 8.21. The Balaban J connectivity index is 2.05. The molecule has 0 saturated carbocycles. The van der Waals surface area contributed by atoms with E-state index in [0.29, 0.717) is 17.6 Å². The molecular formula is C16H20BrN3O. The van der Waals surface area contributed by atoms with E-state index < -0.39 is 0 Å². The van der Waals surface area contributed by atoms with Crippen LogP contribution in [0.25, 0.3) is 0 Å². The van der Waals surface area contributed by atoms with Crippen molar-refractivity contribution in [2.45, 2.75) is 32.9 Å². The summed E-state index contributed by atoms with van der Waals surface area (Å²) in [6.45, 7) is 4.57. The minimum absolute atomic E-state index is 0.0559. The minimum Gasteiger partial charge on any atom is -0.347 e. The van der Waals surface area contributed by atoms with Gasteiger partial charge in [-0.05, 0) is 31.9 Å². The third kappa shape index (κ3) is 4.17. The quantitative estimate of drug-likeness (QED) is 0.815. The zero-order chi connectivity index (χ0) is 15.2. The molecule has 1 N–H and O–H groups in total. The summed E-state index contributed by atoms with van der Waals surface area (Å²) in [6.07, 6.45) is 0.803. The molecule has 1 aromatic carbocycles. The average molecular weight is 350 g/mol. The third-order valence-corrected chi connectivity index (χ3v) is 4.06. The number of aromatic nitrogens is 2. The monoisotopic (exact) mass is 349 g/mol. The molecule has 2 rings (SSSR count). The molecule has 1 unspecified atom stereocenters. The Morgan fingerprint density at radius 1 is 1.38 bits per heavy atom. The lowest BCUT2D eigenvalue weighted by Gasteiger charge is -2.16. The van der Waals surface area contributed by atoms with E-state index in [1.54, 1.807) is 4.68 Å². The SMILES string of the molecule is CCn1nc(C)cc1C(=O)NC(CBr)Cc1ccccc1. The number of amides is 1. The topological polar surface area (TPSA) is 46.9 Å². The molecule has 1 heterocycles. The molecule has 0 aliphatic rings. The number of halogens is 1. The highest BCUT2D eigenvalue weighted by Crippen LogP contribution is 2.08. The Bertz CT molecular complexity index is 595. The largest absolute Gasteiger partial charge is 0.347 e. The predicted molar refractivity (Wildman–Crippen MR) is 87.8 cm³/mol. The number of benzene rings is 1. The van der Waals surface area contributed by atoms with E-state index in [1.807, 2.05) is 38.1 Å². The first kappa shape index (κ1) is 15.8. The highest BCUT2D eigenvalue weighted by molar-refractivity contribution is 9.09. The van der Waals surface area contributed by atoms with Crippen molar-refractivity contribution in [3.05, 3.63) is 53.3 Å². The van der Waals surface area contributed by atoms with Gasteiger partial charge in [0.2, 0.25) is 0 Å². The van der Waals surface area contributed by atoms with E-state index in [0.717, 1.165) is 12.1 Å². The molecule has 0 fully saturated rings. The lowest BCUT2D eigenvalue weighted by atomic mass is 10.1. The minimum atomic E-state index is -0.0715. The van der Waals surface area contributed by atoms with Crippen LogP contribution in [0, 0.1) is 6.92 Å². The van der Waals surface area contributed by atoms with Gasteiger partial charge in [-0.25, -0.2) is 0 Å². The molecule has 4 nitrogen and oxygen atoms in total. The first-order chi connectivity index (χ1) is 10.1. The number of carbonyl (C=O) groups excluding carboxylic acids is 1. The molecule has 0 spiro atoms. The van der Waals surface area contributed by atoms with Crippen LogP contribution >= 0.6 is 15.9 Å². The summed E-state index contributed by atoms with van der Waals surface area (Å²) in [5.74, 6) is -0.0715. The second-order valence-electron chi connectivity index (χ2n) is 5.00. The fourth-order valence-corrected chi connectivity index (χ4v) is 2.66. The second kappa shape index (κ2) is 7.41. The van der Waals surface area contributed by atoms with Crippen molar-refractivity contribution >= 4 is 21.8 Å². The van der Waals surface area contributed by atoms with Crippen LogP contribution in [0.3, 0.4) is 0 Å². The fourth-order valence-electron chi connectivity index (χ4n) is 2.27. The molecule has 112 valence electrons. The lowest BCUT2D eigenvalue weighted by Crippen LogP contribution is -2.38. The summed E-state index contributed by atoms with van der Waals surface area (Å²) in [5.41, 5.74) is 2.69. The zero-order valence-electron chi connectivity index (χ0n) is 12.3. The van der Waals surface area contributed by atoms with Gasteiger partial charge in [0, 0.05) is 17.9 Å². The van der Waals surface area contributed by atoms with Crippen LogP contribution in [0.2, 0.25) is 0 Å². The maximum Gasteiger partial charge on any atom is 0.269 e. The van der Waals surface area contributed by atoms with Crippen molar-refractivity contribution in [1.82, 2.24) is 15.1 Å². The Morgan fingerprint density at radius 2 is 2.10 bits per heavy atom. The number of carbonyl (C=O) groups is 1. The van der Waals surface area contributed by atoms with Gasteiger partial charge in [0.15, 0.2) is 0 Å². The van der Waals surface area contributed by atoms with E-state index >= 15 is 0 Å². The number of alkyl halides is 1. The predicted octanol–water partition coefficient (Wildman–Crippen LogP) is 2.95. The van der Waals surface area contributed by atoms with Crippen molar-refractivity contribution in [3.8, 4) is 0 Å². The second-order valence-corrected chi connectivity index (χ2v) is 5.65. The number of nitrogens with zero attached hydrogens (tertiary/aromatic N) is 2. The van der Waals surface area contributed by atoms with E-state index in [-0.39, 0.29) is 11.9 Å². The van der Waals surface area contributed by atoms with Crippen LogP contribution in [0.4, 0.5) is 0 Å². The van der Waals surface area contributed by atoms with E-state index in [4.69, 9.17) is 0 Å². The maximum absolute atomic E-state index is 12.4. The highest BCUT2D eigenvalue weighted by Gasteiger charge is 2.17. The van der Waals surface area contributed by atoms with Gasteiger partial charge in [0.25, 0.3) is 5.91 Å². The molecule has 1 amide bonds. The van der Waals surface area contributed by atoms with Gasteiger partial charge in [-0.2, -0.15) is 5.10 Å². The van der Waals surface area contributed by atoms with E-state index in [9.17, 15) is 4.79 Å². The van der Waals surface area contributed by atoms with Crippen molar-refractivity contribution in [2.24, 2.45) is 0 Å². The molecule has 0 aliphatic heterocycles. The third-order valence-electron chi connectivity index (χ3n) is 3.28. The number of rotatable bonds is 6. The molecule has 21 heavy (non-hydrogen) atoms. The molecule has 0 saturated heterocycles. The number of hydrogen-bond acceptors (Lipinski definition) is 2. The lowest BCUT2D eigenvalue weighted by molar-refractivity contribution is 0.0930. The fraction of sp³-hybridized carbons (Fsp3) is 0.375. The maximum atomic E-state index is 12.4. The van der Waals surface area contributed by atoms with Crippen LogP contribution < -0.4 is 5.32 Å². The standard InChI is InChI=1S/C16H20BrN3O/c1-3-20-15(9-12(2)19-20)16(21)18-14(11-17)10-13-7-5-4-6-8-13/h4-9,14H,3,10-11H2,1-2H3,(H,18,21). The number of hydrogen-bond donors (Lipinski definition) is 1. The Labute approximate surface area is 133 Å². The van der Waals surface area contributed by atoms with Crippen molar-refractivity contribution < 1.29 is 4.79 Å². The van der Waals surface area contributed by atoms with Gasteiger partial charge in [-0.1, -0.05) is 46.3 Å². The Morgan fingerprint density at radius 3 is 2.71 bits per heavy atom. The van der Waals surface area contributed by atoms with Gasteiger partial charge >= 0.3 is 0 Å². The van der Waals surface area contributed by atoms with E-state index in [1.165, 1.54) is 5.56 Å². The smallest absolute Gasteiger partial charge is 0.269 e. The van der Waals surface area contributed by atoms with Crippen LogP contribution in [0.15, 0.2) is 36.4 Å². The van der Waals surface area contributed by atoms with Crippen LogP contribution in [0.1, 0.15) is 28.7 Å². The van der Waals surface area contributed by atoms with Gasteiger partial charge in [-0.15, -0.1) is 0 Å².